The SMILES string of the molecule is CCCCCCCCCCCCCCCCNc1cc(NC(=O)c2ccc3nc(NC(=O)O)sc3c2)c(C)cc1C. The van der Waals surface area contributed by atoms with Crippen LogP contribution in [0.15, 0.2) is 30.3 Å². The highest BCUT2D eigenvalue weighted by molar-refractivity contribution is 7.22. The second-order valence-corrected chi connectivity index (χ2v) is 12.1. The van der Waals surface area contributed by atoms with Crippen LogP contribution in [0.2, 0.25) is 0 Å². The molecule has 0 saturated carbocycles. The van der Waals surface area contributed by atoms with Gasteiger partial charge in [0.1, 0.15) is 0 Å². The van der Waals surface area contributed by atoms with Gasteiger partial charge in [-0.25, -0.2) is 9.78 Å². The molecule has 0 fully saturated rings. The van der Waals surface area contributed by atoms with Gasteiger partial charge in [-0.3, -0.25) is 10.1 Å². The summed E-state index contributed by atoms with van der Waals surface area (Å²) in [6, 6.07) is 9.30. The first-order valence-corrected chi connectivity index (χ1v) is 16.3. The van der Waals surface area contributed by atoms with Gasteiger partial charge in [0.25, 0.3) is 5.91 Å². The van der Waals surface area contributed by atoms with E-state index in [1.807, 2.05) is 13.0 Å². The molecule has 4 N–H and O–H groups in total. The summed E-state index contributed by atoms with van der Waals surface area (Å²) in [7, 11) is 0. The molecule has 1 heterocycles. The lowest BCUT2D eigenvalue weighted by atomic mass is 10.0. The lowest BCUT2D eigenvalue weighted by Crippen LogP contribution is -2.13. The maximum Gasteiger partial charge on any atom is 0.410 e. The maximum atomic E-state index is 13.0. The van der Waals surface area contributed by atoms with Crippen molar-refractivity contribution in [3.8, 4) is 0 Å². The van der Waals surface area contributed by atoms with Crippen molar-refractivity contribution in [2.24, 2.45) is 0 Å². The van der Waals surface area contributed by atoms with Crippen molar-refractivity contribution < 1.29 is 14.7 Å². The molecule has 0 atom stereocenters. The zero-order valence-corrected chi connectivity index (χ0v) is 25.9. The molecule has 3 rings (SSSR count). The molecule has 0 aliphatic heterocycles. The quantitative estimate of drug-likeness (QED) is 0.106. The number of rotatable bonds is 19. The number of hydrogen-bond donors (Lipinski definition) is 4. The molecule has 0 bridgehead atoms. The summed E-state index contributed by atoms with van der Waals surface area (Å²) in [6.45, 7) is 7.28. The van der Waals surface area contributed by atoms with Crippen molar-refractivity contribution in [3.05, 3.63) is 47.0 Å². The molecule has 41 heavy (non-hydrogen) atoms. The van der Waals surface area contributed by atoms with E-state index < -0.39 is 6.09 Å². The van der Waals surface area contributed by atoms with E-state index in [1.165, 1.54) is 94.8 Å². The van der Waals surface area contributed by atoms with Gasteiger partial charge in [0.15, 0.2) is 5.13 Å². The fraction of sp³-hybridized carbons (Fsp3) is 0.545. The highest BCUT2D eigenvalue weighted by Gasteiger charge is 2.13. The Hall–Kier alpha value is -3.13. The van der Waals surface area contributed by atoms with Crippen LogP contribution in [0.3, 0.4) is 0 Å². The average molecular weight is 581 g/mol. The van der Waals surface area contributed by atoms with Gasteiger partial charge in [-0.05, 0) is 55.7 Å². The Labute approximate surface area is 249 Å². The van der Waals surface area contributed by atoms with Crippen molar-refractivity contribution in [1.82, 2.24) is 4.98 Å². The van der Waals surface area contributed by atoms with Crippen LogP contribution in [0, 0.1) is 13.8 Å². The normalized spacial score (nSPS) is 11.1. The summed E-state index contributed by atoms with van der Waals surface area (Å²) in [4.78, 5) is 28.2. The number of nitrogens with one attached hydrogen (secondary N) is 3. The predicted molar refractivity (Wildman–Crippen MR) is 174 cm³/mol. The number of carbonyl (C=O) groups excluding carboxylic acids is 1. The third-order valence-corrected chi connectivity index (χ3v) is 8.46. The van der Waals surface area contributed by atoms with Crippen LogP contribution in [-0.2, 0) is 0 Å². The van der Waals surface area contributed by atoms with Gasteiger partial charge in [-0.15, -0.1) is 0 Å². The molecular weight excluding hydrogens is 532 g/mol. The second-order valence-electron chi connectivity index (χ2n) is 11.1. The van der Waals surface area contributed by atoms with E-state index in [9.17, 15) is 9.59 Å². The van der Waals surface area contributed by atoms with Crippen LogP contribution in [-0.4, -0.2) is 28.6 Å². The maximum absolute atomic E-state index is 13.0. The molecule has 0 aliphatic carbocycles. The van der Waals surface area contributed by atoms with Crippen molar-refractivity contribution >= 4 is 50.1 Å². The van der Waals surface area contributed by atoms with E-state index >= 15 is 0 Å². The summed E-state index contributed by atoms with van der Waals surface area (Å²) in [5.74, 6) is -0.210. The number of nitrogens with zero attached hydrogens (tertiary/aromatic N) is 1. The molecule has 0 radical (unpaired) electrons. The fourth-order valence-electron chi connectivity index (χ4n) is 5.13. The van der Waals surface area contributed by atoms with Crippen LogP contribution >= 0.6 is 11.3 Å². The van der Waals surface area contributed by atoms with Crippen molar-refractivity contribution in [2.75, 3.05) is 22.5 Å². The van der Waals surface area contributed by atoms with E-state index in [4.69, 9.17) is 5.11 Å². The second kappa shape index (κ2) is 17.6. The predicted octanol–water partition coefficient (Wildman–Crippen LogP) is 10.1. The van der Waals surface area contributed by atoms with Gasteiger partial charge in [0.2, 0.25) is 0 Å². The molecule has 0 spiro atoms. The zero-order chi connectivity index (χ0) is 29.5. The summed E-state index contributed by atoms with van der Waals surface area (Å²) in [5, 5.41) is 18.1. The molecule has 0 unspecified atom stereocenters. The average Bonchev–Trinajstić information content (AvgIpc) is 3.33. The Kier molecular flexibility index (Phi) is 13.9. The molecular formula is C33H48N4O3S. The summed E-state index contributed by atoms with van der Waals surface area (Å²) >= 11 is 1.20. The lowest BCUT2D eigenvalue weighted by Gasteiger charge is -2.15. The molecule has 8 heteroatoms. The van der Waals surface area contributed by atoms with Crippen molar-refractivity contribution in [3.63, 3.8) is 0 Å². The molecule has 0 saturated heterocycles. The molecule has 2 amide bonds. The largest absolute Gasteiger partial charge is 0.465 e. The molecule has 7 nitrogen and oxygen atoms in total. The summed E-state index contributed by atoms with van der Waals surface area (Å²) < 4.78 is 0.748. The van der Waals surface area contributed by atoms with Gasteiger partial charge < -0.3 is 15.7 Å². The van der Waals surface area contributed by atoms with Gasteiger partial charge >= 0.3 is 6.09 Å². The van der Waals surface area contributed by atoms with Gasteiger partial charge in [0.05, 0.1) is 10.2 Å². The first-order valence-electron chi connectivity index (χ1n) is 15.4. The van der Waals surface area contributed by atoms with Gasteiger partial charge in [-0.1, -0.05) is 108 Å². The highest BCUT2D eigenvalue weighted by Crippen LogP contribution is 2.29. The topological polar surface area (TPSA) is 103 Å². The van der Waals surface area contributed by atoms with Gasteiger partial charge in [0, 0.05) is 23.5 Å². The smallest absolute Gasteiger partial charge is 0.410 e. The molecule has 3 aromatic rings. The van der Waals surface area contributed by atoms with Crippen molar-refractivity contribution in [1.29, 1.82) is 0 Å². The molecule has 2 aromatic carbocycles. The Bertz CT molecular complexity index is 1260. The third kappa shape index (κ3) is 11.3. The molecule has 1 aromatic heterocycles. The van der Waals surface area contributed by atoms with E-state index in [0.717, 1.165) is 40.2 Å². The van der Waals surface area contributed by atoms with Gasteiger partial charge in [-0.2, -0.15) is 0 Å². The minimum atomic E-state index is -1.16. The van der Waals surface area contributed by atoms with E-state index in [-0.39, 0.29) is 11.0 Å². The number of carboxylic acid groups (broad SMARTS) is 1. The number of anilines is 3. The van der Waals surface area contributed by atoms with E-state index in [1.54, 1.807) is 18.2 Å². The zero-order valence-electron chi connectivity index (χ0n) is 25.1. The number of thiazole rings is 1. The number of carbonyl (C=O) groups is 2. The van der Waals surface area contributed by atoms with Crippen molar-refractivity contribution in [2.45, 2.75) is 111 Å². The van der Waals surface area contributed by atoms with Crippen LogP contribution in [0.25, 0.3) is 10.2 Å². The molecule has 0 aliphatic rings. The number of unbranched alkanes of at least 4 members (excludes halogenated alkanes) is 13. The number of aryl methyl sites for hydroxylation is 2. The number of amides is 2. The van der Waals surface area contributed by atoms with E-state index in [0.29, 0.717) is 11.1 Å². The van der Waals surface area contributed by atoms with Crippen LogP contribution in [0.4, 0.5) is 21.3 Å². The summed E-state index contributed by atoms with van der Waals surface area (Å²) in [6.07, 6.45) is 17.8. The minimum absolute atomic E-state index is 0.210. The van der Waals surface area contributed by atoms with E-state index in [2.05, 4.69) is 40.8 Å². The molecule has 224 valence electrons. The first kappa shape index (κ1) is 32.4. The Balaban J connectivity index is 1.37. The first-order chi connectivity index (χ1) is 19.9. The Morgan fingerprint density at radius 1 is 0.756 bits per heavy atom. The number of fused-ring (bicyclic) bond motifs is 1. The highest BCUT2D eigenvalue weighted by atomic mass is 32.1. The fourth-order valence-corrected chi connectivity index (χ4v) is 6.02. The monoisotopic (exact) mass is 580 g/mol. The lowest BCUT2D eigenvalue weighted by molar-refractivity contribution is 0.102. The number of hydrogen-bond acceptors (Lipinski definition) is 5. The van der Waals surface area contributed by atoms with Crippen LogP contribution < -0.4 is 16.0 Å². The summed E-state index contributed by atoms with van der Waals surface area (Å²) in [5.41, 5.74) is 5.14. The standard InChI is InChI=1S/C33H48N4O3S/c1-4-5-6-7-8-9-10-11-12-13-14-15-16-17-20-34-28-23-29(25(3)21-24(28)2)35-31(38)26-18-19-27-30(22-26)41-32(36-27)37-33(39)40/h18-19,21-23,34H,4-17,20H2,1-3H3,(H,35,38)(H,36,37)(H,39,40). The third-order valence-electron chi connectivity index (χ3n) is 7.53. The minimum Gasteiger partial charge on any atom is -0.465 e. The Morgan fingerprint density at radius 2 is 1.34 bits per heavy atom. The number of aromatic nitrogens is 1. The van der Waals surface area contributed by atoms with Crippen LogP contribution in [0.1, 0.15) is 118 Å². The number of benzene rings is 2. The van der Waals surface area contributed by atoms with Crippen LogP contribution in [0.5, 0.6) is 0 Å². The Morgan fingerprint density at radius 3 is 1.95 bits per heavy atom.